The number of hydrogen-bond donors (Lipinski definition) is 1. The molecule has 0 fully saturated rings. The second-order valence-electron chi connectivity index (χ2n) is 3.99. The van der Waals surface area contributed by atoms with Gasteiger partial charge in [-0.3, -0.25) is 4.98 Å². The van der Waals surface area contributed by atoms with Crippen molar-refractivity contribution >= 4 is 17.6 Å². The monoisotopic (exact) mass is 261 g/mol. The van der Waals surface area contributed by atoms with Gasteiger partial charge in [-0.2, -0.15) is 0 Å². The highest BCUT2D eigenvalue weighted by atomic mass is 32.2. The van der Waals surface area contributed by atoms with Gasteiger partial charge in [0.2, 0.25) is 0 Å². The summed E-state index contributed by atoms with van der Waals surface area (Å²) in [6.07, 6.45) is 6.64. The van der Waals surface area contributed by atoms with Crippen molar-refractivity contribution in [2.24, 2.45) is 0 Å². The first-order valence-electron chi connectivity index (χ1n) is 5.69. The Morgan fingerprint density at radius 1 is 1.17 bits per heavy atom. The Labute approximate surface area is 110 Å². The van der Waals surface area contributed by atoms with Gasteiger partial charge in [-0.1, -0.05) is 13.8 Å². The molecule has 0 bridgehead atoms. The fourth-order valence-electron chi connectivity index (χ4n) is 1.62. The van der Waals surface area contributed by atoms with E-state index in [1.54, 1.807) is 24.9 Å². The van der Waals surface area contributed by atoms with Crippen LogP contribution in [0.4, 0.5) is 5.82 Å². The number of nitrogens with one attached hydrogen (secondary N) is 1. The first-order valence-corrected chi connectivity index (χ1v) is 6.50. The molecular formula is C12H15N5S. The van der Waals surface area contributed by atoms with E-state index in [2.05, 4.69) is 39.1 Å². The van der Waals surface area contributed by atoms with Crippen molar-refractivity contribution in [3.63, 3.8) is 0 Å². The van der Waals surface area contributed by atoms with Gasteiger partial charge in [0.05, 0.1) is 6.20 Å². The summed E-state index contributed by atoms with van der Waals surface area (Å²) in [6, 6.07) is 0. The summed E-state index contributed by atoms with van der Waals surface area (Å²) in [4.78, 5) is 16.9. The SMILES string of the molecule is CNc1ncnc(Sc2cnccn2)c1C(C)C. The van der Waals surface area contributed by atoms with Gasteiger partial charge < -0.3 is 5.32 Å². The lowest BCUT2D eigenvalue weighted by molar-refractivity contribution is 0.805. The molecule has 0 radical (unpaired) electrons. The van der Waals surface area contributed by atoms with Gasteiger partial charge in [-0.15, -0.1) is 0 Å². The zero-order valence-electron chi connectivity index (χ0n) is 10.6. The zero-order chi connectivity index (χ0) is 13.0. The van der Waals surface area contributed by atoms with Gasteiger partial charge in [-0.25, -0.2) is 15.0 Å². The molecule has 18 heavy (non-hydrogen) atoms. The van der Waals surface area contributed by atoms with Gasteiger partial charge in [0, 0.05) is 25.0 Å². The van der Waals surface area contributed by atoms with Crippen molar-refractivity contribution in [3.05, 3.63) is 30.5 Å². The molecule has 0 aliphatic carbocycles. The lowest BCUT2D eigenvalue weighted by atomic mass is 10.1. The maximum atomic E-state index is 4.35. The number of aromatic nitrogens is 4. The van der Waals surface area contributed by atoms with E-state index in [1.807, 2.05) is 7.05 Å². The lowest BCUT2D eigenvalue weighted by Gasteiger charge is -2.14. The Morgan fingerprint density at radius 2 is 2.00 bits per heavy atom. The molecular weight excluding hydrogens is 246 g/mol. The van der Waals surface area contributed by atoms with Crippen LogP contribution in [0.1, 0.15) is 25.3 Å². The molecule has 0 aliphatic heterocycles. The molecule has 2 aromatic heterocycles. The van der Waals surface area contributed by atoms with Gasteiger partial charge in [0.25, 0.3) is 0 Å². The number of rotatable bonds is 4. The second-order valence-corrected chi connectivity index (χ2v) is 5.00. The summed E-state index contributed by atoms with van der Waals surface area (Å²) in [7, 11) is 1.87. The fourth-order valence-corrected chi connectivity index (χ4v) is 2.58. The predicted octanol–water partition coefficient (Wildman–Crippen LogP) is 2.58. The maximum Gasteiger partial charge on any atom is 0.133 e. The third kappa shape index (κ3) is 2.76. The summed E-state index contributed by atoms with van der Waals surface area (Å²) in [5.41, 5.74) is 1.11. The van der Waals surface area contributed by atoms with Crippen molar-refractivity contribution in [3.8, 4) is 0 Å². The summed E-state index contributed by atoms with van der Waals surface area (Å²) >= 11 is 1.51. The number of anilines is 1. The molecule has 6 heteroatoms. The Kier molecular flexibility index (Phi) is 4.09. The quantitative estimate of drug-likeness (QED) is 0.853. The normalized spacial score (nSPS) is 10.7. The van der Waals surface area contributed by atoms with Crippen molar-refractivity contribution in [2.75, 3.05) is 12.4 Å². The summed E-state index contributed by atoms with van der Waals surface area (Å²) in [5.74, 6) is 1.21. The zero-order valence-corrected chi connectivity index (χ0v) is 11.4. The molecule has 0 spiro atoms. The van der Waals surface area contributed by atoms with Crippen molar-refractivity contribution in [2.45, 2.75) is 29.8 Å². The van der Waals surface area contributed by atoms with E-state index in [0.717, 1.165) is 21.4 Å². The minimum absolute atomic E-state index is 0.341. The third-order valence-electron chi connectivity index (χ3n) is 2.40. The van der Waals surface area contributed by atoms with Crippen LogP contribution in [-0.4, -0.2) is 27.0 Å². The average molecular weight is 261 g/mol. The van der Waals surface area contributed by atoms with Crippen LogP contribution in [0.3, 0.4) is 0 Å². The van der Waals surface area contributed by atoms with Crippen LogP contribution >= 0.6 is 11.8 Å². The van der Waals surface area contributed by atoms with Gasteiger partial charge in [-0.05, 0) is 17.7 Å². The van der Waals surface area contributed by atoms with E-state index in [-0.39, 0.29) is 0 Å². The molecule has 0 aliphatic rings. The minimum Gasteiger partial charge on any atom is -0.373 e. The molecule has 2 heterocycles. The molecule has 0 unspecified atom stereocenters. The third-order valence-corrected chi connectivity index (χ3v) is 3.34. The number of nitrogens with zero attached hydrogens (tertiary/aromatic N) is 4. The smallest absolute Gasteiger partial charge is 0.133 e. The van der Waals surface area contributed by atoms with Crippen LogP contribution in [-0.2, 0) is 0 Å². The molecule has 0 aromatic carbocycles. The average Bonchev–Trinajstić information content (AvgIpc) is 2.39. The van der Waals surface area contributed by atoms with E-state index in [1.165, 1.54) is 11.8 Å². The fraction of sp³-hybridized carbons (Fsp3) is 0.333. The molecule has 0 saturated heterocycles. The van der Waals surface area contributed by atoms with Crippen molar-refractivity contribution < 1.29 is 0 Å². The van der Waals surface area contributed by atoms with E-state index < -0.39 is 0 Å². The first-order chi connectivity index (χ1) is 8.72. The lowest BCUT2D eigenvalue weighted by Crippen LogP contribution is -2.04. The predicted molar refractivity (Wildman–Crippen MR) is 71.8 cm³/mol. The van der Waals surface area contributed by atoms with Crippen LogP contribution in [0, 0.1) is 0 Å². The molecule has 94 valence electrons. The van der Waals surface area contributed by atoms with Crippen LogP contribution in [0.25, 0.3) is 0 Å². The van der Waals surface area contributed by atoms with Crippen molar-refractivity contribution in [1.29, 1.82) is 0 Å². The molecule has 0 atom stereocenters. The minimum atomic E-state index is 0.341. The van der Waals surface area contributed by atoms with Crippen molar-refractivity contribution in [1.82, 2.24) is 19.9 Å². The van der Waals surface area contributed by atoms with Crippen LogP contribution in [0.15, 0.2) is 35.0 Å². The summed E-state index contributed by atoms with van der Waals surface area (Å²) in [5, 5.41) is 4.86. The van der Waals surface area contributed by atoms with Gasteiger partial charge in [0.1, 0.15) is 22.2 Å². The van der Waals surface area contributed by atoms with Gasteiger partial charge >= 0.3 is 0 Å². The van der Waals surface area contributed by atoms with E-state index >= 15 is 0 Å². The number of hydrogen-bond acceptors (Lipinski definition) is 6. The van der Waals surface area contributed by atoms with E-state index in [4.69, 9.17) is 0 Å². The van der Waals surface area contributed by atoms with Gasteiger partial charge in [0.15, 0.2) is 0 Å². The van der Waals surface area contributed by atoms with Crippen LogP contribution in [0.5, 0.6) is 0 Å². The van der Waals surface area contributed by atoms with E-state index in [0.29, 0.717) is 5.92 Å². The maximum absolute atomic E-state index is 4.35. The van der Waals surface area contributed by atoms with Crippen LogP contribution in [0.2, 0.25) is 0 Å². The highest BCUT2D eigenvalue weighted by Gasteiger charge is 2.15. The molecule has 2 aromatic rings. The van der Waals surface area contributed by atoms with E-state index in [9.17, 15) is 0 Å². The second kappa shape index (κ2) is 5.77. The summed E-state index contributed by atoms with van der Waals surface area (Å²) < 4.78 is 0. The highest BCUT2D eigenvalue weighted by Crippen LogP contribution is 2.33. The molecule has 0 saturated carbocycles. The molecule has 5 nitrogen and oxygen atoms in total. The largest absolute Gasteiger partial charge is 0.373 e. The highest BCUT2D eigenvalue weighted by molar-refractivity contribution is 7.99. The Morgan fingerprint density at radius 3 is 2.61 bits per heavy atom. The standard InChI is InChI=1S/C12H15N5S/c1-8(2)10-11(13-3)16-7-17-12(10)18-9-6-14-4-5-15-9/h4-8H,1-3H3,(H,13,16,17). The molecule has 2 rings (SSSR count). The Bertz CT molecular complexity index is 515. The molecule has 1 N–H and O–H groups in total. The topological polar surface area (TPSA) is 63.6 Å². The molecule has 0 amide bonds. The summed E-state index contributed by atoms with van der Waals surface area (Å²) in [6.45, 7) is 4.25. The van der Waals surface area contributed by atoms with Crippen LogP contribution < -0.4 is 5.32 Å². The Balaban J connectivity index is 2.38. The Hall–Kier alpha value is -1.69. The first kappa shape index (κ1) is 12.8.